The summed E-state index contributed by atoms with van der Waals surface area (Å²) in [5.74, 6) is -0.477. The molecule has 1 amide bonds. The summed E-state index contributed by atoms with van der Waals surface area (Å²) in [7, 11) is 0. The highest BCUT2D eigenvalue weighted by molar-refractivity contribution is 5.81. The number of hydrogen-bond acceptors (Lipinski definition) is 5. The van der Waals surface area contributed by atoms with Gasteiger partial charge in [0, 0.05) is 25.8 Å². The first-order chi connectivity index (χ1) is 13.7. The van der Waals surface area contributed by atoms with E-state index in [9.17, 15) is 13.6 Å². The van der Waals surface area contributed by atoms with Gasteiger partial charge in [0.1, 0.15) is 23.1 Å². The zero-order valence-electron chi connectivity index (χ0n) is 16.8. The highest BCUT2D eigenvalue weighted by Crippen LogP contribution is 2.21. The molecule has 0 aliphatic carbocycles. The molecule has 29 heavy (non-hydrogen) atoms. The molecule has 1 fully saturated rings. The summed E-state index contributed by atoms with van der Waals surface area (Å²) in [6.45, 7) is 6.02. The van der Waals surface area contributed by atoms with Gasteiger partial charge in [0.25, 0.3) is 0 Å². The van der Waals surface area contributed by atoms with Crippen molar-refractivity contribution in [3.63, 3.8) is 0 Å². The maximum absolute atomic E-state index is 13.3. The molecule has 0 saturated carbocycles. The van der Waals surface area contributed by atoms with Crippen molar-refractivity contribution in [1.82, 2.24) is 16.0 Å². The van der Waals surface area contributed by atoms with Crippen LogP contribution in [0, 0.1) is 17.6 Å². The van der Waals surface area contributed by atoms with Gasteiger partial charge in [-0.3, -0.25) is 4.79 Å². The summed E-state index contributed by atoms with van der Waals surface area (Å²) in [5, 5.41) is 9.38. The molecule has 2 aliphatic rings. The van der Waals surface area contributed by atoms with Crippen molar-refractivity contribution < 1.29 is 18.3 Å². The zero-order valence-corrected chi connectivity index (χ0v) is 16.8. The Morgan fingerprint density at radius 2 is 1.93 bits per heavy atom. The second kappa shape index (κ2) is 8.92. The Balaban J connectivity index is 1.65. The van der Waals surface area contributed by atoms with E-state index in [1.807, 2.05) is 13.0 Å². The number of nitrogens with two attached hydrogens (primary N) is 1. The predicted octanol–water partition coefficient (Wildman–Crippen LogP) is 2.03. The number of rotatable bonds is 6. The Hall–Kier alpha value is -2.45. The number of carbonyl (C=O) groups excluding carboxylic acids is 1. The van der Waals surface area contributed by atoms with E-state index in [0.29, 0.717) is 11.6 Å². The van der Waals surface area contributed by atoms with E-state index in [1.165, 1.54) is 0 Å². The second-order valence-corrected chi connectivity index (χ2v) is 7.88. The van der Waals surface area contributed by atoms with Crippen LogP contribution in [0.2, 0.25) is 0 Å². The third-order valence-electron chi connectivity index (χ3n) is 5.14. The first-order valence-corrected chi connectivity index (χ1v) is 9.79. The Morgan fingerprint density at radius 1 is 1.28 bits per heavy atom. The van der Waals surface area contributed by atoms with Crippen LogP contribution in [-0.2, 0) is 16.0 Å². The number of dihydropyridines is 1. The van der Waals surface area contributed by atoms with Crippen LogP contribution in [0.25, 0.3) is 0 Å². The molecule has 0 aromatic heterocycles. The summed E-state index contributed by atoms with van der Waals surface area (Å²) in [6.07, 6.45) is 3.79. The molecule has 0 bridgehead atoms. The van der Waals surface area contributed by atoms with E-state index >= 15 is 0 Å². The van der Waals surface area contributed by atoms with Crippen LogP contribution in [0.5, 0.6) is 0 Å². The van der Waals surface area contributed by atoms with Gasteiger partial charge < -0.3 is 26.4 Å². The largest absolute Gasteiger partial charge is 0.381 e. The summed E-state index contributed by atoms with van der Waals surface area (Å²) in [5.41, 5.74) is 6.99. The highest BCUT2D eigenvalue weighted by atomic mass is 19.1. The van der Waals surface area contributed by atoms with Gasteiger partial charge in [-0.05, 0) is 62.0 Å². The standard InChI is InChI=1S/C21H28F2N4O2/c1-13-7-18(25-12-14-3-5-29-6-4-14)27-21(2,24)20(13)26-19(28)10-15-8-16(22)11-17(23)9-15/h7-9,11,14,25,27H,3-6,10,12,24H2,1-2H3,(H,26,28). The molecule has 1 unspecified atom stereocenters. The van der Waals surface area contributed by atoms with Gasteiger partial charge >= 0.3 is 0 Å². The van der Waals surface area contributed by atoms with Gasteiger partial charge in [-0.15, -0.1) is 0 Å². The molecule has 0 radical (unpaired) electrons. The molecule has 2 aliphatic heterocycles. The highest BCUT2D eigenvalue weighted by Gasteiger charge is 2.31. The Morgan fingerprint density at radius 3 is 2.55 bits per heavy atom. The topological polar surface area (TPSA) is 88.4 Å². The van der Waals surface area contributed by atoms with E-state index in [-0.39, 0.29) is 12.0 Å². The van der Waals surface area contributed by atoms with Crippen LogP contribution >= 0.6 is 0 Å². The number of amides is 1. The SMILES string of the molecule is CC1=C(NC(=O)Cc2cc(F)cc(F)c2)C(C)(N)NC(NCC2CCOCC2)=C1. The summed E-state index contributed by atoms with van der Waals surface area (Å²) >= 11 is 0. The number of benzene rings is 1. The first kappa shape index (κ1) is 21.3. The third-order valence-corrected chi connectivity index (χ3v) is 5.14. The number of ether oxygens (including phenoxy) is 1. The number of hydrogen-bond donors (Lipinski definition) is 4. The molecule has 2 heterocycles. The van der Waals surface area contributed by atoms with Crippen LogP contribution in [-0.4, -0.2) is 31.3 Å². The van der Waals surface area contributed by atoms with Crippen molar-refractivity contribution in [1.29, 1.82) is 0 Å². The smallest absolute Gasteiger partial charge is 0.228 e. The van der Waals surface area contributed by atoms with Gasteiger partial charge in [0.05, 0.1) is 12.1 Å². The number of nitrogens with one attached hydrogen (secondary N) is 3. The van der Waals surface area contributed by atoms with Crippen LogP contribution in [0.15, 0.2) is 41.4 Å². The van der Waals surface area contributed by atoms with Crippen molar-refractivity contribution in [3.05, 3.63) is 58.6 Å². The van der Waals surface area contributed by atoms with Crippen molar-refractivity contribution in [2.75, 3.05) is 19.8 Å². The molecule has 5 N–H and O–H groups in total. The quantitative estimate of drug-likeness (QED) is 0.581. The summed E-state index contributed by atoms with van der Waals surface area (Å²) < 4.78 is 32.1. The predicted molar refractivity (Wildman–Crippen MR) is 106 cm³/mol. The van der Waals surface area contributed by atoms with Gasteiger partial charge in [0.2, 0.25) is 5.91 Å². The zero-order chi connectivity index (χ0) is 21.0. The molecular formula is C21H28F2N4O2. The lowest BCUT2D eigenvalue weighted by molar-refractivity contribution is -0.120. The molecule has 8 heteroatoms. The van der Waals surface area contributed by atoms with E-state index < -0.39 is 23.2 Å². The lowest BCUT2D eigenvalue weighted by Gasteiger charge is -2.37. The third kappa shape index (κ3) is 5.77. The molecule has 6 nitrogen and oxygen atoms in total. The molecule has 1 aromatic carbocycles. The molecular weight excluding hydrogens is 378 g/mol. The normalized spacial score (nSPS) is 22.7. The van der Waals surface area contributed by atoms with Crippen molar-refractivity contribution in [2.45, 2.75) is 38.8 Å². The number of halogens is 2. The maximum Gasteiger partial charge on any atom is 0.228 e. The van der Waals surface area contributed by atoms with E-state index in [0.717, 1.165) is 62.2 Å². The van der Waals surface area contributed by atoms with Crippen molar-refractivity contribution in [3.8, 4) is 0 Å². The van der Waals surface area contributed by atoms with Crippen LogP contribution in [0.3, 0.4) is 0 Å². The minimum Gasteiger partial charge on any atom is -0.381 e. The second-order valence-electron chi connectivity index (χ2n) is 7.88. The van der Waals surface area contributed by atoms with E-state index in [1.54, 1.807) is 6.92 Å². The number of allylic oxidation sites excluding steroid dienone is 2. The number of carbonyl (C=O) groups is 1. The molecule has 158 valence electrons. The van der Waals surface area contributed by atoms with E-state index in [2.05, 4.69) is 16.0 Å². The fraction of sp³-hybridized carbons (Fsp3) is 0.476. The van der Waals surface area contributed by atoms with Crippen molar-refractivity contribution >= 4 is 5.91 Å². The lowest BCUT2D eigenvalue weighted by atomic mass is 9.98. The summed E-state index contributed by atoms with van der Waals surface area (Å²) in [6, 6.07) is 3.06. The van der Waals surface area contributed by atoms with Crippen molar-refractivity contribution in [2.24, 2.45) is 11.7 Å². The van der Waals surface area contributed by atoms with Crippen LogP contribution in [0.1, 0.15) is 32.3 Å². The first-order valence-electron chi connectivity index (χ1n) is 9.79. The minimum absolute atomic E-state index is 0.153. The Bertz CT molecular complexity index is 810. The van der Waals surface area contributed by atoms with Gasteiger partial charge in [-0.2, -0.15) is 0 Å². The molecule has 1 saturated heterocycles. The Labute approximate surface area is 169 Å². The fourth-order valence-corrected chi connectivity index (χ4v) is 3.69. The average Bonchev–Trinajstić information content (AvgIpc) is 2.63. The summed E-state index contributed by atoms with van der Waals surface area (Å²) in [4.78, 5) is 12.4. The Kier molecular flexibility index (Phi) is 6.54. The van der Waals surface area contributed by atoms with Gasteiger partial charge in [-0.25, -0.2) is 8.78 Å². The molecule has 0 spiro atoms. The lowest BCUT2D eigenvalue weighted by Crippen LogP contribution is -2.59. The minimum atomic E-state index is -1.00. The van der Waals surface area contributed by atoms with Gasteiger partial charge in [0.15, 0.2) is 0 Å². The van der Waals surface area contributed by atoms with Gasteiger partial charge in [-0.1, -0.05) is 0 Å². The monoisotopic (exact) mass is 406 g/mol. The fourth-order valence-electron chi connectivity index (χ4n) is 3.69. The van der Waals surface area contributed by atoms with E-state index in [4.69, 9.17) is 10.5 Å². The average molecular weight is 406 g/mol. The molecule has 3 rings (SSSR count). The maximum atomic E-state index is 13.3. The van der Waals surface area contributed by atoms with Crippen LogP contribution < -0.4 is 21.7 Å². The molecule has 1 aromatic rings. The molecule has 1 atom stereocenters. The van der Waals surface area contributed by atoms with Crippen LogP contribution in [0.4, 0.5) is 8.78 Å².